The average Bonchev–Trinajstić information content (AvgIpc) is 2.90. The maximum absolute atomic E-state index is 15.2. The monoisotopic (exact) mass is 546 g/mol. The normalized spacial score (nSPS) is 14.0. The van der Waals surface area contributed by atoms with E-state index in [4.69, 9.17) is 4.74 Å². The minimum Gasteiger partial charge on any atom is -0.443 e. The lowest BCUT2D eigenvalue weighted by Gasteiger charge is -2.31. The van der Waals surface area contributed by atoms with E-state index in [0.29, 0.717) is 24.9 Å². The molecule has 3 aromatic heterocycles. The van der Waals surface area contributed by atoms with Crippen molar-refractivity contribution in [2.45, 2.75) is 51.1 Å². The summed E-state index contributed by atoms with van der Waals surface area (Å²) in [6.45, 7) is 3.86. The van der Waals surface area contributed by atoms with E-state index in [-0.39, 0.29) is 17.5 Å². The van der Waals surface area contributed by atoms with Crippen LogP contribution in [-0.2, 0) is 23.0 Å². The summed E-state index contributed by atoms with van der Waals surface area (Å²) in [4.78, 5) is 25.9. The fraction of sp³-hybridized carbons (Fsp3) is 0.407. The number of halogens is 4. The Balaban J connectivity index is 1.43. The first-order valence-corrected chi connectivity index (χ1v) is 12.5. The van der Waals surface area contributed by atoms with E-state index >= 15 is 8.78 Å². The quantitative estimate of drug-likeness (QED) is 0.337. The molecule has 0 bridgehead atoms. The Morgan fingerprint density at radius 1 is 0.897 bits per heavy atom. The maximum Gasteiger partial charge on any atom is 0.416 e. The first kappa shape index (κ1) is 28.1. The smallest absolute Gasteiger partial charge is 0.416 e. The van der Waals surface area contributed by atoms with Gasteiger partial charge in [0.25, 0.3) is 0 Å². The number of aromatic nitrogens is 3. The molecule has 39 heavy (non-hydrogen) atoms. The molecule has 0 fully saturated rings. The third kappa shape index (κ3) is 7.12. The molecule has 0 unspecified atom stereocenters. The van der Waals surface area contributed by atoms with Gasteiger partial charge in [0.15, 0.2) is 0 Å². The first-order valence-electron chi connectivity index (χ1n) is 12.5. The van der Waals surface area contributed by atoms with Gasteiger partial charge in [-0.15, -0.1) is 0 Å². The van der Waals surface area contributed by atoms with Gasteiger partial charge >= 0.3 is 17.9 Å². The Hall–Kier alpha value is -3.96. The summed E-state index contributed by atoms with van der Waals surface area (Å²) in [6.07, 6.45) is 1.90. The molecule has 2 N–H and O–H groups in total. The van der Waals surface area contributed by atoms with Crippen LogP contribution in [-0.4, -0.2) is 46.3 Å². The number of carbonyl (C=O) groups is 1. The van der Waals surface area contributed by atoms with Crippen LogP contribution in [0.4, 0.5) is 39.8 Å². The number of fused-ring (bicyclic) bond motifs is 1. The highest BCUT2D eigenvalue weighted by Gasteiger charge is 2.36. The number of hydrogen-bond acceptors (Lipinski definition) is 7. The molecule has 4 heterocycles. The predicted molar refractivity (Wildman–Crippen MR) is 139 cm³/mol. The van der Waals surface area contributed by atoms with Crippen LogP contribution in [0.15, 0.2) is 54.7 Å². The van der Waals surface area contributed by atoms with Crippen LogP contribution in [0.25, 0.3) is 0 Å². The molecule has 1 aliphatic rings. The van der Waals surface area contributed by atoms with Crippen LogP contribution in [0.3, 0.4) is 0 Å². The Morgan fingerprint density at radius 2 is 1.56 bits per heavy atom. The van der Waals surface area contributed by atoms with Crippen LogP contribution in [0.2, 0.25) is 0 Å². The summed E-state index contributed by atoms with van der Waals surface area (Å²) in [5, 5.41) is 5.08. The highest BCUT2D eigenvalue weighted by molar-refractivity contribution is 5.88. The summed E-state index contributed by atoms with van der Waals surface area (Å²) >= 11 is 0. The molecule has 0 atom stereocenters. The van der Waals surface area contributed by atoms with Gasteiger partial charge in [-0.3, -0.25) is 9.88 Å². The Kier molecular flexibility index (Phi) is 7.94. The number of aryl methyl sites for hydroxylation is 1. The van der Waals surface area contributed by atoms with E-state index in [9.17, 15) is 13.6 Å². The van der Waals surface area contributed by atoms with Crippen molar-refractivity contribution in [1.82, 2.24) is 15.0 Å². The topological polar surface area (TPSA) is 92.3 Å². The van der Waals surface area contributed by atoms with E-state index in [0.717, 1.165) is 0 Å². The number of pyridine rings is 3. The van der Waals surface area contributed by atoms with Crippen molar-refractivity contribution in [2.24, 2.45) is 0 Å². The Bertz CT molecular complexity index is 1300. The molecule has 0 saturated carbocycles. The molecular formula is C27H30F4N6O2. The largest absolute Gasteiger partial charge is 0.443 e. The number of ether oxygens (including phenoxy) is 1. The van der Waals surface area contributed by atoms with Crippen LogP contribution >= 0.6 is 0 Å². The van der Waals surface area contributed by atoms with E-state index in [1.165, 1.54) is 53.6 Å². The molecule has 1 aliphatic heterocycles. The molecule has 1 amide bonds. The fourth-order valence-electron chi connectivity index (χ4n) is 3.93. The highest BCUT2D eigenvalue weighted by Crippen LogP contribution is 2.33. The van der Waals surface area contributed by atoms with Crippen LogP contribution in [0.1, 0.15) is 44.1 Å². The van der Waals surface area contributed by atoms with Gasteiger partial charge in [-0.05, 0) is 69.5 Å². The van der Waals surface area contributed by atoms with Gasteiger partial charge in [-0.2, -0.15) is 17.6 Å². The van der Waals surface area contributed by atoms with Crippen molar-refractivity contribution < 1.29 is 27.1 Å². The third-order valence-corrected chi connectivity index (χ3v) is 5.80. The van der Waals surface area contributed by atoms with Crippen LogP contribution in [0, 0.1) is 0 Å². The molecule has 0 radical (unpaired) electrons. The number of carbonyl (C=O) groups excluding carboxylic acids is 1. The average molecular weight is 547 g/mol. The lowest BCUT2D eigenvalue weighted by atomic mass is 10.0. The molecule has 8 nitrogen and oxygen atoms in total. The van der Waals surface area contributed by atoms with E-state index in [1.54, 1.807) is 26.8 Å². The number of nitrogens with zero attached hydrogens (tertiary/aromatic N) is 4. The van der Waals surface area contributed by atoms with Crippen LogP contribution < -0.4 is 15.5 Å². The first-order chi connectivity index (χ1) is 18.3. The van der Waals surface area contributed by atoms with E-state index < -0.39 is 48.0 Å². The van der Waals surface area contributed by atoms with Crippen LogP contribution in [0.5, 0.6) is 0 Å². The zero-order valence-electron chi connectivity index (χ0n) is 21.8. The zero-order valence-corrected chi connectivity index (χ0v) is 21.8. The summed E-state index contributed by atoms with van der Waals surface area (Å²) in [5.41, 5.74) is -0.976. The van der Waals surface area contributed by atoms with Gasteiger partial charge in [-0.25, -0.2) is 14.8 Å². The Morgan fingerprint density at radius 3 is 2.18 bits per heavy atom. The molecule has 12 heteroatoms. The second-order valence-electron chi connectivity index (χ2n) is 10.2. The second kappa shape index (κ2) is 11.0. The highest BCUT2D eigenvalue weighted by atomic mass is 19.3. The molecule has 0 spiro atoms. The lowest BCUT2D eigenvalue weighted by molar-refractivity contribution is 0.00559. The third-order valence-electron chi connectivity index (χ3n) is 5.80. The summed E-state index contributed by atoms with van der Waals surface area (Å²) in [6, 6.07) is 11.4. The van der Waals surface area contributed by atoms with Gasteiger partial charge in [-0.1, -0.05) is 18.2 Å². The summed E-state index contributed by atoms with van der Waals surface area (Å²) in [7, 11) is 0. The number of nitrogens with one attached hydrogen (secondary N) is 2. The fourth-order valence-corrected chi connectivity index (χ4v) is 3.93. The van der Waals surface area contributed by atoms with Crippen molar-refractivity contribution >= 4 is 23.5 Å². The standard InChI is InChI=1S/C27H30F4N6O2/c1-25(2,3)39-24(38)37-15-7-8-18-12-13-20(35-23(18)37)27(30,31)17-34-22-11-6-10-21(36-22)33-16-26(28,29)19-9-4-5-14-32-19/h4-6,9-14H,7-8,15-17H2,1-3H3,(H2,33,34,36). The number of amides is 1. The minimum atomic E-state index is -3.43. The number of anilines is 3. The Labute approximate surface area is 223 Å². The number of alkyl halides is 4. The number of rotatable bonds is 8. The molecule has 208 valence electrons. The molecule has 4 rings (SSSR count). The van der Waals surface area contributed by atoms with Gasteiger partial charge in [0, 0.05) is 12.7 Å². The summed E-state index contributed by atoms with van der Waals surface area (Å²) < 4.78 is 64.6. The van der Waals surface area contributed by atoms with Gasteiger partial charge in [0.1, 0.15) is 34.4 Å². The predicted octanol–water partition coefficient (Wildman–Crippen LogP) is 5.97. The molecular weight excluding hydrogens is 516 g/mol. The number of hydrogen-bond donors (Lipinski definition) is 2. The lowest BCUT2D eigenvalue weighted by Crippen LogP contribution is -2.41. The SMILES string of the molecule is CC(C)(C)OC(=O)N1CCCc2ccc(C(F)(F)CNc3cccc(NCC(F)(F)c4ccccn4)n3)nc21. The van der Waals surface area contributed by atoms with Crippen molar-refractivity contribution in [3.8, 4) is 0 Å². The summed E-state index contributed by atoms with van der Waals surface area (Å²) in [5.74, 6) is -6.38. The maximum atomic E-state index is 15.2. The second-order valence-corrected chi connectivity index (χ2v) is 10.2. The zero-order chi connectivity index (χ0) is 28.3. The van der Waals surface area contributed by atoms with Gasteiger partial charge in [0.2, 0.25) is 0 Å². The van der Waals surface area contributed by atoms with Crippen molar-refractivity contribution in [3.05, 3.63) is 71.7 Å². The molecule has 0 aromatic carbocycles. The molecule has 3 aromatic rings. The molecule has 0 aliphatic carbocycles. The van der Waals surface area contributed by atoms with Crippen molar-refractivity contribution in [3.63, 3.8) is 0 Å². The van der Waals surface area contributed by atoms with Crippen molar-refractivity contribution in [2.75, 3.05) is 35.2 Å². The van der Waals surface area contributed by atoms with Gasteiger partial charge in [0.05, 0.1) is 13.1 Å². The molecule has 0 saturated heterocycles. The van der Waals surface area contributed by atoms with Crippen molar-refractivity contribution in [1.29, 1.82) is 0 Å². The van der Waals surface area contributed by atoms with E-state index in [1.807, 2.05) is 0 Å². The minimum absolute atomic E-state index is 0.0640. The van der Waals surface area contributed by atoms with E-state index in [2.05, 4.69) is 25.6 Å². The van der Waals surface area contributed by atoms with Gasteiger partial charge < -0.3 is 15.4 Å².